The Hall–Kier alpha value is -1.76. The molecule has 0 saturated carbocycles. The van der Waals surface area contributed by atoms with E-state index < -0.39 is 17.8 Å². The first kappa shape index (κ1) is 13.3. The highest BCUT2D eigenvalue weighted by molar-refractivity contribution is 5.71. The highest BCUT2D eigenvalue weighted by Crippen LogP contribution is 2.29. The van der Waals surface area contributed by atoms with Gasteiger partial charge in [0.15, 0.2) is 0 Å². The molecule has 0 unspecified atom stereocenters. The predicted molar refractivity (Wildman–Crippen MR) is 55.6 cm³/mol. The van der Waals surface area contributed by atoms with Crippen LogP contribution in [-0.4, -0.2) is 17.6 Å². The van der Waals surface area contributed by atoms with E-state index in [4.69, 9.17) is 11.6 Å². The molecule has 0 spiro atoms. The van der Waals surface area contributed by atoms with E-state index in [2.05, 4.69) is 0 Å². The molecule has 0 atom stereocenters. The van der Waals surface area contributed by atoms with Crippen LogP contribution in [-0.2, 0) is 12.6 Å². The van der Waals surface area contributed by atoms with Crippen LogP contribution < -0.4 is 11.6 Å². The average molecular weight is 247 g/mol. The van der Waals surface area contributed by atoms with Crippen molar-refractivity contribution in [1.29, 1.82) is 0 Å². The van der Waals surface area contributed by atoms with Crippen molar-refractivity contribution in [2.24, 2.45) is 11.6 Å². The minimum Gasteiger partial charge on any atom is -0.350 e. The third kappa shape index (κ3) is 3.95. The summed E-state index contributed by atoms with van der Waals surface area (Å²) in [5.41, 5.74) is 4.83. The lowest BCUT2D eigenvalue weighted by Gasteiger charge is -2.13. The summed E-state index contributed by atoms with van der Waals surface area (Å²) in [5, 5.41) is 0.803. The summed E-state index contributed by atoms with van der Waals surface area (Å²) in [5.74, 6) is 5.24. The fourth-order valence-corrected chi connectivity index (χ4v) is 1.22. The zero-order valence-corrected chi connectivity index (χ0v) is 8.87. The summed E-state index contributed by atoms with van der Waals surface area (Å²) < 4.78 is 36.8. The Morgan fingerprint density at radius 1 is 1.24 bits per heavy atom. The van der Waals surface area contributed by atoms with Gasteiger partial charge in [0.2, 0.25) is 0 Å². The average Bonchev–Trinajstić information content (AvgIpc) is 2.25. The van der Waals surface area contributed by atoms with Crippen molar-refractivity contribution in [3.63, 3.8) is 0 Å². The molecule has 0 bridgehead atoms. The van der Waals surface area contributed by atoms with E-state index in [0.29, 0.717) is 12.0 Å². The Morgan fingerprint density at radius 3 is 2.18 bits per heavy atom. The number of nitrogens with two attached hydrogens (primary N) is 2. The zero-order valence-electron chi connectivity index (χ0n) is 8.87. The number of carbonyl (C=O) groups excluding carboxylic acids is 1. The van der Waals surface area contributed by atoms with Crippen LogP contribution >= 0.6 is 0 Å². The number of hydrogen-bond acceptors (Lipinski definition) is 2. The molecule has 0 fully saturated rings. The van der Waals surface area contributed by atoms with Gasteiger partial charge >= 0.3 is 12.2 Å². The van der Waals surface area contributed by atoms with Crippen LogP contribution in [0.3, 0.4) is 0 Å². The van der Waals surface area contributed by atoms with Crippen molar-refractivity contribution < 1.29 is 18.0 Å². The molecule has 0 aliphatic rings. The van der Waals surface area contributed by atoms with Crippen LogP contribution in [0.5, 0.6) is 0 Å². The number of carbonyl (C=O) groups is 1. The first-order valence-corrected chi connectivity index (χ1v) is 4.78. The largest absolute Gasteiger partial charge is 0.416 e. The number of amides is 2. The van der Waals surface area contributed by atoms with Crippen LogP contribution in [0.15, 0.2) is 24.3 Å². The third-order valence-electron chi connectivity index (χ3n) is 2.21. The van der Waals surface area contributed by atoms with Crippen molar-refractivity contribution in [3.05, 3.63) is 35.4 Å². The molecule has 1 rings (SSSR count). The van der Waals surface area contributed by atoms with Gasteiger partial charge in [-0.05, 0) is 24.1 Å². The maximum absolute atomic E-state index is 12.3. The van der Waals surface area contributed by atoms with Gasteiger partial charge in [0, 0.05) is 6.54 Å². The van der Waals surface area contributed by atoms with Crippen LogP contribution in [0.1, 0.15) is 11.1 Å². The molecule has 0 saturated heterocycles. The first-order chi connectivity index (χ1) is 7.80. The standard InChI is InChI=1S/C10H12F3N3O/c11-10(12,13)8-3-1-7(2-4-8)5-6-16(15)9(14)17/h1-4H,5-6,15H2,(H2,14,17). The SMILES string of the molecule is NC(=O)N(N)CCc1ccc(C(F)(F)F)cc1. The zero-order chi connectivity index (χ0) is 13.1. The molecule has 94 valence electrons. The molecular formula is C10H12F3N3O. The van der Waals surface area contributed by atoms with E-state index in [1.54, 1.807) is 0 Å². The molecule has 4 nitrogen and oxygen atoms in total. The quantitative estimate of drug-likeness (QED) is 0.482. The van der Waals surface area contributed by atoms with Gasteiger partial charge in [-0.2, -0.15) is 13.2 Å². The van der Waals surface area contributed by atoms with Gasteiger partial charge in [-0.25, -0.2) is 10.6 Å². The van der Waals surface area contributed by atoms with Crippen molar-refractivity contribution in [1.82, 2.24) is 5.01 Å². The number of urea groups is 1. The Kier molecular flexibility index (Phi) is 3.95. The lowest BCUT2D eigenvalue weighted by atomic mass is 10.1. The maximum Gasteiger partial charge on any atom is 0.416 e. The van der Waals surface area contributed by atoms with Crippen LogP contribution in [0.25, 0.3) is 0 Å². The molecule has 0 radical (unpaired) electrons. The monoisotopic (exact) mass is 247 g/mol. The van der Waals surface area contributed by atoms with Crippen LogP contribution in [0.4, 0.5) is 18.0 Å². The Balaban J connectivity index is 2.60. The first-order valence-electron chi connectivity index (χ1n) is 4.78. The molecule has 4 N–H and O–H groups in total. The number of rotatable bonds is 3. The Morgan fingerprint density at radius 2 is 1.76 bits per heavy atom. The van der Waals surface area contributed by atoms with Gasteiger partial charge in [-0.1, -0.05) is 12.1 Å². The summed E-state index contributed by atoms with van der Waals surface area (Å²) in [4.78, 5) is 10.6. The maximum atomic E-state index is 12.3. The smallest absolute Gasteiger partial charge is 0.350 e. The minimum absolute atomic E-state index is 0.153. The molecule has 2 amide bonds. The molecular weight excluding hydrogens is 235 g/mol. The van der Waals surface area contributed by atoms with E-state index in [0.717, 1.165) is 17.1 Å². The number of benzene rings is 1. The molecule has 0 aromatic heterocycles. The lowest BCUT2D eigenvalue weighted by Crippen LogP contribution is -2.42. The highest BCUT2D eigenvalue weighted by Gasteiger charge is 2.29. The summed E-state index contributed by atoms with van der Waals surface area (Å²) in [6, 6.07) is 3.88. The Bertz CT molecular complexity index is 389. The number of alkyl halides is 3. The van der Waals surface area contributed by atoms with Gasteiger partial charge in [0.05, 0.1) is 5.56 Å². The lowest BCUT2D eigenvalue weighted by molar-refractivity contribution is -0.137. The number of primary amides is 1. The van der Waals surface area contributed by atoms with Crippen molar-refractivity contribution in [2.45, 2.75) is 12.6 Å². The van der Waals surface area contributed by atoms with Gasteiger partial charge in [-0.15, -0.1) is 0 Å². The second kappa shape index (κ2) is 5.05. The molecule has 0 heterocycles. The molecule has 1 aromatic rings. The third-order valence-corrected chi connectivity index (χ3v) is 2.21. The topological polar surface area (TPSA) is 72.4 Å². The molecule has 17 heavy (non-hydrogen) atoms. The predicted octanol–water partition coefficient (Wildman–Crippen LogP) is 1.50. The van der Waals surface area contributed by atoms with E-state index in [9.17, 15) is 18.0 Å². The minimum atomic E-state index is -4.34. The molecule has 0 aliphatic carbocycles. The molecule has 1 aromatic carbocycles. The summed E-state index contributed by atoms with van der Waals surface area (Å²) in [6.07, 6.45) is -4.00. The summed E-state index contributed by atoms with van der Waals surface area (Å²) >= 11 is 0. The number of hydrogen-bond donors (Lipinski definition) is 2. The highest BCUT2D eigenvalue weighted by atomic mass is 19.4. The fourth-order valence-electron chi connectivity index (χ4n) is 1.22. The van der Waals surface area contributed by atoms with Crippen molar-refractivity contribution in [2.75, 3.05) is 6.54 Å². The van der Waals surface area contributed by atoms with E-state index >= 15 is 0 Å². The fraction of sp³-hybridized carbons (Fsp3) is 0.300. The van der Waals surface area contributed by atoms with E-state index in [1.165, 1.54) is 12.1 Å². The van der Waals surface area contributed by atoms with Crippen LogP contribution in [0, 0.1) is 0 Å². The second-order valence-electron chi connectivity index (χ2n) is 3.48. The number of hydrazine groups is 1. The summed E-state index contributed by atoms with van der Waals surface area (Å²) in [6.45, 7) is 0.153. The van der Waals surface area contributed by atoms with Gasteiger partial charge in [0.25, 0.3) is 0 Å². The van der Waals surface area contributed by atoms with Crippen LogP contribution in [0.2, 0.25) is 0 Å². The van der Waals surface area contributed by atoms with E-state index in [-0.39, 0.29) is 6.54 Å². The van der Waals surface area contributed by atoms with E-state index in [1.807, 2.05) is 0 Å². The molecule has 0 aliphatic heterocycles. The van der Waals surface area contributed by atoms with Gasteiger partial charge in [-0.3, -0.25) is 5.01 Å². The van der Waals surface area contributed by atoms with Crippen molar-refractivity contribution in [3.8, 4) is 0 Å². The van der Waals surface area contributed by atoms with Gasteiger partial charge < -0.3 is 5.73 Å². The number of nitrogens with zero attached hydrogens (tertiary/aromatic N) is 1. The van der Waals surface area contributed by atoms with Crippen molar-refractivity contribution >= 4 is 6.03 Å². The number of halogens is 3. The Labute approximate surface area is 96.0 Å². The summed E-state index contributed by atoms with van der Waals surface area (Å²) in [7, 11) is 0. The second-order valence-corrected chi connectivity index (χ2v) is 3.48. The van der Waals surface area contributed by atoms with Gasteiger partial charge in [0.1, 0.15) is 0 Å². The molecule has 7 heteroatoms. The normalized spacial score (nSPS) is 11.3.